The summed E-state index contributed by atoms with van der Waals surface area (Å²) in [5, 5.41) is 0. The normalized spacial score (nSPS) is 35.6. The quantitative estimate of drug-likeness (QED) is 0.542. The van der Waals surface area contributed by atoms with Crippen LogP contribution in [0.25, 0.3) is 0 Å². The molecule has 1 nitrogen and oxygen atoms in total. The predicted molar refractivity (Wildman–Crippen MR) is 64.2 cm³/mol. The number of hydrogen-bond donors (Lipinski definition) is 0. The Morgan fingerprint density at radius 2 is 2.00 bits per heavy atom. The molecule has 2 aliphatic rings. The lowest BCUT2D eigenvalue weighted by atomic mass is 9.72. The van der Waals surface area contributed by atoms with Gasteiger partial charge in [-0.1, -0.05) is 49.4 Å². The van der Waals surface area contributed by atoms with Crippen LogP contribution in [0, 0.1) is 17.3 Å². The Morgan fingerprint density at radius 1 is 1.25 bits per heavy atom. The first-order chi connectivity index (χ1) is 7.70. The molecule has 0 heterocycles. The van der Waals surface area contributed by atoms with Crippen molar-refractivity contribution < 1.29 is 4.79 Å². The van der Waals surface area contributed by atoms with Crippen LogP contribution in [0.2, 0.25) is 0 Å². The minimum atomic E-state index is -0.152. The number of carbonyl (C=O) groups excluding carboxylic acids is 1. The average molecular weight is 212 g/mol. The highest BCUT2D eigenvalue weighted by Crippen LogP contribution is 2.53. The van der Waals surface area contributed by atoms with Gasteiger partial charge in [-0.05, 0) is 24.7 Å². The molecule has 3 rings (SSSR count). The molecule has 0 aromatic heterocycles. The summed E-state index contributed by atoms with van der Waals surface area (Å²) >= 11 is 0. The molecule has 3 unspecified atom stereocenters. The number of allylic oxidation sites excluding steroid dienone is 2. The van der Waals surface area contributed by atoms with Crippen molar-refractivity contribution in [1.82, 2.24) is 0 Å². The van der Waals surface area contributed by atoms with E-state index in [9.17, 15) is 4.79 Å². The van der Waals surface area contributed by atoms with Crippen LogP contribution in [0.5, 0.6) is 0 Å². The van der Waals surface area contributed by atoms with E-state index >= 15 is 0 Å². The fourth-order valence-corrected chi connectivity index (χ4v) is 3.27. The van der Waals surface area contributed by atoms with Gasteiger partial charge in [0.2, 0.25) is 0 Å². The highest BCUT2D eigenvalue weighted by Gasteiger charge is 2.49. The molecule has 0 saturated heterocycles. The smallest absolute Gasteiger partial charge is 0.169 e. The molecule has 16 heavy (non-hydrogen) atoms. The number of Topliss-reactive ketones (excluding diaryl/α,β-unsaturated/α-hetero) is 1. The zero-order chi connectivity index (χ0) is 11.2. The number of hydrogen-bond acceptors (Lipinski definition) is 1. The van der Waals surface area contributed by atoms with Crippen molar-refractivity contribution in [2.24, 2.45) is 17.3 Å². The first kappa shape index (κ1) is 9.83. The lowest BCUT2D eigenvalue weighted by molar-refractivity contribution is 0.0776. The second-order valence-electron chi connectivity index (χ2n) is 5.30. The van der Waals surface area contributed by atoms with E-state index in [0.717, 1.165) is 12.0 Å². The Kier molecular flexibility index (Phi) is 2.03. The third kappa shape index (κ3) is 1.27. The highest BCUT2D eigenvalue weighted by atomic mass is 16.1. The molecule has 3 atom stereocenters. The van der Waals surface area contributed by atoms with Crippen molar-refractivity contribution in [3.05, 3.63) is 48.0 Å². The lowest BCUT2D eigenvalue weighted by Crippen LogP contribution is -2.32. The van der Waals surface area contributed by atoms with Gasteiger partial charge in [0.1, 0.15) is 0 Å². The second kappa shape index (κ2) is 3.31. The first-order valence-electron chi connectivity index (χ1n) is 5.98. The second-order valence-corrected chi connectivity index (χ2v) is 5.30. The monoisotopic (exact) mass is 212 g/mol. The predicted octanol–water partition coefficient (Wildman–Crippen LogP) is 3.47. The first-order valence-corrected chi connectivity index (χ1v) is 5.98. The minimum absolute atomic E-state index is 0.152. The van der Waals surface area contributed by atoms with Gasteiger partial charge in [-0.3, -0.25) is 4.79 Å². The summed E-state index contributed by atoms with van der Waals surface area (Å²) in [6.07, 6.45) is 6.73. The molecule has 1 aromatic rings. The van der Waals surface area contributed by atoms with Crippen LogP contribution in [-0.2, 0) is 0 Å². The van der Waals surface area contributed by atoms with Gasteiger partial charge < -0.3 is 0 Å². The third-order valence-corrected chi connectivity index (χ3v) is 4.23. The van der Waals surface area contributed by atoms with Crippen molar-refractivity contribution in [2.45, 2.75) is 19.8 Å². The van der Waals surface area contributed by atoms with E-state index in [1.807, 2.05) is 30.3 Å². The van der Waals surface area contributed by atoms with E-state index in [-0.39, 0.29) is 5.41 Å². The van der Waals surface area contributed by atoms with Crippen molar-refractivity contribution in [1.29, 1.82) is 0 Å². The molecule has 0 amide bonds. The molecule has 0 N–H and O–H groups in total. The number of rotatable bonds is 2. The molecule has 1 aromatic carbocycles. The molecule has 0 radical (unpaired) electrons. The van der Waals surface area contributed by atoms with E-state index in [2.05, 4.69) is 19.1 Å². The van der Waals surface area contributed by atoms with Crippen LogP contribution in [-0.4, -0.2) is 5.78 Å². The maximum atomic E-state index is 12.5. The zero-order valence-electron chi connectivity index (χ0n) is 9.52. The summed E-state index contributed by atoms with van der Waals surface area (Å²) in [4.78, 5) is 12.5. The standard InChI is InChI=1S/C15H16O/c1-15(10-11-7-8-13(15)9-11)14(16)12-5-3-2-4-6-12/h2-8,11,13H,9-10H2,1H3. The van der Waals surface area contributed by atoms with Crippen LogP contribution >= 0.6 is 0 Å². The Morgan fingerprint density at radius 3 is 2.56 bits per heavy atom. The molecule has 82 valence electrons. The van der Waals surface area contributed by atoms with Gasteiger partial charge >= 0.3 is 0 Å². The highest BCUT2D eigenvalue weighted by molar-refractivity contribution is 6.01. The van der Waals surface area contributed by atoms with Crippen molar-refractivity contribution in [3.63, 3.8) is 0 Å². The van der Waals surface area contributed by atoms with Crippen molar-refractivity contribution in [2.75, 3.05) is 0 Å². The molecule has 1 saturated carbocycles. The third-order valence-electron chi connectivity index (χ3n) is 4.23. The van der Waals surface area contributed by atoms with Gasteiger partial charge in [-0.25, -0.2) is 0 Å². The fourth-order valence-electron chi connectivity index (χ4n) is 3.27. The van der Waals surface area contributed by atoms with E-state index in [1.165, 1.54) is 6.42 Å². The molecule has 2 aliphatic carbocycles. The van der Waals surface area contributed by atoms with Crippen LogP contribution < -0.4 is 0 Å². The fraction of sp³-hybridized carbons (Fsp3) is 0.400. The molecule has 0 spiro atoms. The lowest BCUT2D eigenvalue weighted by Gasteiger charge is -2.29. The summed E-state index contributed by atoms with van der Waals surface area (Å²) in [5.74, 6) is 1.43. The van der Waals surface area contributed by atoms with Gasteiger partial charge in [0, 0.05) is 11.0 Å². The molecular weight excluding hydrogens is 196 g/mol. The van der Waals surface area contributed by atoms with Gasteiger partial charge in [0.15, 0.2) is 5.78 Å². The summed E-state index contributed by atoms with van der Waals surface area (Å²) < 4.78 is 0. The van der Waals surface area contributed by atoms with Crippen LogP contribution in [0.15, 0.2) is 42.5 Å². The van der Waals surface area contributed by atoms with E-state index in [4.69, 9.17) is 0 Å². The zero-order valence-corrected chi connectivity index (χ0v) is 9.52. The maximum absolute atomic E-state index is 12.5. The summed E-state index contributed by atoms with van der Waals surface area (Å²) in [6, 6.07) is 9.71. The van der Waals surface area contributed by atoms with Gasteiger partial charge in [-0.2, -0.15) is 0 Å². The van der Waals surface area contributed by atoms with Gasteiger partial charge in [0.25, 0.3) is 0 Å². The molecule has 0 aliphatic heterocycles. The van der Waals surface area contributed by atoms with Crippen LogP contribution in [0.1, 0.15) is 30.1 Å². The maximum Gasteiger partial charge on any atom is 0.169 e. The topological polar surface area (TPSA) is 17.1 Å². The molecule has 2 bridgehead atoms. The molecular formula is C15H16O. The minimum Gasteiger partial charge on any atom is -0.294 e. The Bertz CT molecular complexity index is 446. The number of ketones is 1. The largest absolute Gasteiger partial charge is 0.294 e. The molecule has 1 fully saturated rings. The van der Waals surface area contributed by atoms with Crippen molar-refractivity contribution in [3.8, 4) is 0 Å². The molecule has 1 heteroatoms. The van der Waals surface area contributed by atoms with Crippen LogP contribution in [0.3, 0.4) is 0 Å². The number of carbonyl (C=O) groups is 1. The number of fused-ring (bicyclic) bond motifs is 2. The Balaban J connectivity index is 1.94. The van der Waals surface area contributed by atoms with Gasteiger partial charge in [0.05, 0.1) is 0 Å². The summed E-state index contributed by atoms with van der Waals surface area (Å²) in [5.41, 5.74) is 0.715. The Labute approximate surface area is 96.2 Å². The van der Waals surface area contributed by atoms with Gasteiger partial charge in [-0.15, -0.1) is 0 Å². The Hall–Kier alpha value is -1.37. The van der Waals surface area contributed by atoms with Crippen molar-refractivity contribution >= 4 is 5.78 Å². The van der Waals surface area contributed by atoms with Crippen LogP contribution in [0.4, 0.5) is 0 Å². The summed E-state index contributed by atoms with van der Waals surface area (Å²) in [6.45, 7) is 2.14. The average Bonchev–Trinajstić information content (AvgIpc) is 2.89. The van der Waals surface area contributed by atoms with E-state index in [1.54, 1.807) is 0 Å². The summed E-state index contributed by atoms with van der Waals surface area (Å²) in [7, 11) is 0. The van der Waals surface area contributed by atoms with E-state index in [0.29, 0.717) is 17.6 Å². The SMILES string of the molecule is CC1(C(=O)c2ccccc2)CC2C=CC1C2. The van der Waals surface area contributed by atoms with E-state index < -0.39 is 0 Å². The number of benzene rings is 1.